The summed E-state index contributed by atoms with van der Waals surface area (Å²) in [5, 5.41) is 3.14. The number of nitrogens with zero attached hydrogens (tertiary/aromatic N) is 2. The SMILES string of the molecule is CCONC(=O)c1csc(CSc2nc3c(C)cccc3o2)n1. The fraction of sp³-hybridized carbons (Fsp3) is 0.267. The number of thioether (sulfide) groups is 1. The van der Waals surface area contributed by atoms with Crippen LogP contribution in [0.25, 0.3) is 11.1 Å². The van der Waals surface area contributed by atoms with Gasteiger partial charge in [-0.2, -0.15) is 0 Å². The highest BCUT2D eigenvalue weighted by atomic mass is 32.2. The number of nitrogens with one attached hydrogen (secondary N) is 1. The molecule has 0 aliphatic heterocycles. The Morgan fingerprint density at radius 2 is 2.30 bits per heavy atom. The molecular formula is C15H15N3O3S2. The Bertz CT molecular complexity index is 828. The number of hydrogen-bond donors (Lipinski definition) is 1. The minimum Gasteiger partial charge on any atom is -0.431 e. The fourth-order valence-electron chi connectivity index (χ4n) is 1.92. The van der Waals surface area contributed by atoms with Gasteiger partial charge in [-0.05, 0) is 25.5 Å². The highest BCUT2D eigenvalue weighted by Gasteiger charge is 2.13. The van der Waals surface area contributed by atoms with Gasteiger partial charge in [-0.3, -0.25) is 9.63 Å². The van der Waals surface area contributed by atoms with E-state index >= 15 is 0 Å². The summed E-state index contributed by atoms with van der Waals surface area (Å²) < 4.78 is 5.71. The Kier molecular flexibility index (Phi) is 4.94. The first-order valence-electron chi connectivity index (χ1n) is 7.03. The quantitative estimate of drug-likeness (QED) is 0.541. The van der Waals surface area contributed by atoms with E-state index < -0.39 is 0 Å². The number of rotatable bonds is 6. The Balaban J connectivity index is 1.64. The van der Waals surface area contributed by atoms with E-state index in [1.54, 1.807) is 12.3 Å². The molecule has 2 heterocycles. The van der Waals surface area contributed by atoms with Crippen LogP contribution < -0.4 is 5.48 Å². The van der Waals surface area contributed by atoms with Crippen molar-refractivity contribution in [2.24, 2.45) is 0 Å². The third-order valence-corrected chi connectivity index (χ3v) is 4.88. The molecule has 3 aromatic rings. The lowest BCUT2D eigenvalue weighted by molar-refractivity contribution is 0.0360. The smallest absolute Gasteiger partial charge is 0.294 e. The predicted octanol–water partition coefficient (Wildman–Crippen LogP) is 3.57. The third-order valence-electron chi connectivity index (χ3n) is 3.01. The molecule has 1 aromatic carbocycles. The topological polar surface area (TPSA) is 77.2 Å². The van der Waals surface area contributed by atoms with Gasteiger partial charge >= 0.3 is 0 Å². The van der Waals surface area contributed by atoms with Gasteiger partial charge in [0.05, 0.1) is 12.4 Å². The maximum atomic E-state index is 11.7. The summed E-state index contributed by atoms with van der Waals surface area (Å²) in [6.07, 6.45) is 0. The van der Waals surface area contributed by atoms with Crippen LogP contribution in [-0.2, 0) is 10.6 Å². The predicted molar refractivity (Wildman–Crippen MR) is 89.5 cm³/mol. The molecule has 0 radical (unpaired) electrons. The minimum atomic E-state index is -0.336. The van der Waals surface area contributed by atoms with Crippen molar-refractivity contribution < 1.29 is 14.0 Å². The molecule has 0 atom stereocenters. The van der Waals surface area contributed by atoms with E-state index in [0.717, 1.165) is 21.7 Å². The minimum absolute atomic E-state index is 0.336. The second-order valence-electron chi connectivity index (χ2n) is 4.68. The lowest BCUT2D eigenvalue weighted by Crippen LogP contribution is -2.23. The first-order chi connectivity index (χ1) is 11.2. The normalized spacial score (nSPS) is 11.0. The fourth-order valence-corrected chi connectivity index (χ4v) is 3.55. The van der Waals surface area contributed by atoms with Crippen molar-refractivity contribution in [3.63, 3.8) is 0 Å². The van der Waals surface area contributed by atoms with E-state index in [1.807, 2.05) is 25.1 Å². The number of oxazole rings is 1. The van der Waals surface area contributed by atoms with E-state index in [1.165, 1.54) is 23.1 Å². The van der Waals surface area contributed by atoms with Crippen molar-refractivity contribution in [1.82, 2.24) is 15.4 Å². The number of benzene rings is 1. The number of para-hydroxylation sites is 1. The zero-order chi connectivity index (χ0) is 16.2. The van der Waals surface area contributed by atoms with Crippen LogP contribution in [0.1, 0.15) is 28.0 Å². The van der Waals surface area contributed by atoms with Crippen LogP contribution in [0.3, 0.4) is 0 Å². The molecule has 1 N–H and O–H groups in total. The second kappa shape index (κ2) is 7.12. The first-order valence-corrected chi connectivity index (χ1v) is 8.89. The molecule has 0 spiro atoms. The highest BCUT2D eigenvalue weighted by molar-refractivity contribution is 7.98. The van der Waals surface area contributed by atoms with Gasteiger partial charge in [0.1, 0.15) is 16.2 Å². The van der Waals surface area contributed by atoms with Gasteiger partial charge < -0.3 is 4.42 Å². The molecule has 1 amide bonds. The van der Waals surface area contributed by atoms with Crippen molar-refractivity contribution in [1.29, 1.82) is 0 Å². The molecule has 0 aliphatic carbocycles. The third kappa shape index (κ3) is 3.72. The maximum absolute atomic E-state index is 11.7. The molecule has 2 aromatic heterocycles. The molecule has 8 heteroatoms. The van der Waals surface area contributed by atoms with Crippen molar-refractivity contribution >= 4 is 40.1 Å². The number of carbonyl (C=O) groups is 1. The number of thiazole rings is 1. The standard InChI is InChI=1S/C15H15N3O3S2/c1-3-20-18-14(19)10-7-22-12(16-10)8-23-15-17-13-9(2)5-4-6-11(13)21-15/h4-7H,3,8H2,1-2H3,(H,18,19). The number of aromatic nitrogens is 2. The molecule has 0 saturated carbocycles. The van der Waals surface area contributed by atoms with Crippen molar-refractivity contribution in [3.8, 4) is 0 Å². The molecule has 0 aliphatic rings. The van der Waals surface area contributed by atoms with Crippen molar-refractivity contribution in [2.45, 2.75) is 24.8 Å². The van der Waals surface area contributed by atoms with Crippen molar-refractivity contribution in [2.75, 3.05) is 6.61 Å². The summed E-state index contributed by atoms with van der Waals surface area (Å²) in [5.74, 6) is 0.259. The molecule has 6 nitrogen and oxygen atoms in total. The average molecular weight is 349 g/mol. The van der Waals surface area contributed by atoms with E-state index in [2.05, 4.69) is 15.4 Å². The molecule has 0 fully saturated rings. The van der Waals surface area contributed by atoms with E-state index in [9.17, 15) is 4.79 Å². The molecule has 120 valence electrons. The van der Waals surface area contributed by atoms with Crippen LogP contribution in [0.2, 0.25) is 0 Å². The average Bonchev–Trinajstić information content (AvgIpc) is 3.18. The molecule has 3 rings (SSSR count). The Labute approximate surface area is 141 Å². The number of fused-ring (bicyclic) bond motifs is 1. The molecular weight excluding hydrogens is 334 g/mol. The van der Waals surface area contributed by atoms with Crippen LogP contribution in [-0.4, -0.2) is 22.5 Å². The lowest BCUT2D eigenvalue weighted by atomic mass is 10.2. The zero-order valence-corrected chi connectivity index (χ0v) is 14.3. The summed E-state index contributed by atoms with van der Waals surface area (Å²) in [6, 6.07) is 5.85. The summed E-state index contributed by atoms with van der Waals surface area (Å²) in [4.78, 5) is 25.4. The second-order valence-corrected chi connectivity index (χ2v) is 6.55. The van der Waals surface area contributed by atoms with Gasteiger partial charge in [-0.15, -0.1) is 11.3 Å². The van der Waals surface area contributed by atoms with Crippen LogP contribution in [0, 0.1) is 6.92 Å². The Hall–Kier alpha value is -1.90. The lowest BCUT2D eigenvalue weighted by Gasteiger charge is -1.99. The van der Waals surface area contributed by atoms with E-state index in [4.69, 9.17) is 9.25 Å². The maximum Gasteiger partial charge on any atom is 0.294 e. The molecule has 0 bridgehead atoms. The van der Waals surface area contributed by atoms with Gasteiger partial charge in [0.15, 0.2) is 5.58 Å². The number of amides is 1. The van der Waals surface area contributed by atoms with Gasteiger partial charge in [0, 0.05) is 5.38 Å². The molecule has 0 saturated heterocycles. The van der Waals surface area contributed by atoms with Gasteiger partial charge in [-0.25, -0.2) is 15.4 Å². The first kappa shape index (κ1) is 16.0. The molecule has 23 heavy (non-hydrogen) atoms. The van der Waals surface area contributed by atoms with E-state index in [-0.39, 0.29) is 5.91 Å². The number of hydroxylamine groups is 1. The number of carbonyl (C=O) groups excluding carboxylic acids is 1. The Morgan fingerprint density at radius 3 is 3.09 bits per heavy atom. The van der Waals surface area contributed by atoms with Gasteiger partial charge in [0.2, 0.25) is 0 Å². The number of hydrogen-bond acceptors (Lipinski definition) is 7. The van der Waals surface area contributed by atoms with Crippen molar-refractivity contribution in [3.05, 3.63) is 39.8 Å². The van der Waals surface area contributed by atoms with Gasteiger partial charge in [-0.1, -0.05) is 23.9 Å². The Morgan fingerprint density at radius 1 is 1.43 bits per heavy atom. The van der Waals surface area contributed by atoms with E-state index in [0.29, 0.717) is 23.3 Å². The summed E-state index contributed by atoms with van der Waals surface area (Å²) in [5.41, 5.74) is 5.43. The van der Waals surface area contributed by atoms with Crippen LogP contribution >= 0.6 is 23.1 Å². The van der Waals surface area contributed by atoms with Crippen LogP contribution in [0.5, 0.6) is 0 Å². The zero-order valence-electron chi connectivity index (χ0n) is 12.7. The summed E-state index contributed by atoms with van der Waals surface area (Å²) in [6.45, 7) is 4.21. The summed E-state index contributed by atoms with van der Waals surface area (Å²) in [7, 11) is 0. The van der Waals surface area contributed by atoms with Crippen LogP contribution in [0.15, 0.2) is 33.2 Å². The largest absolute Gasteiger partial charge is 0.431 e. The highest BCUT2D eigenvalue weighted by Crippen LogP contribution is 2.28. The van der Waals surface area contributed by atoms with Gasteiger partial charge in [0.25, 0.3) is 11.1 Å². The molecule has 0 unspecified atom stereocenters. The van der Waals surface area contributed by atoms with Crippen LogP contribution in [0.4, 0.5) is 0 Å². The summed E-state index contributed by atoms with van der Waals surface area (Å²) >= 11 is 2.88. The monoisotopic (exact) mass is 349 g/mol. The number of aryl methyl sites for hydroxylation is 1.